The number of carbonyl (C=O) groups excluding carboxylic acids is 3. The van der Waals surface area contributed by atoms with E-state index in [4.69, 9.17) is 14.2 Å². The Hall–Kier alpha value is -2.11. The molecule has 6 heteroatoms. The lowest BCUT2D eigenvalue weighted by atomic mass is 10.0. The molecule has 0 aliphatic heterocycles. The van der Waals surface area contributed by atoms with E-state index < -0.39 is 6.10 Å². The molecule has 6 nitrogen and oxygen atoms in total. The van der Waals surface area contributed by atoms with Gasteiger partial charge < -0.3 is 14.2 Å². The lowest BCUT2D eigenvalue weighted by molar-refractivity contribution is -0.167. The second-order valence-electron chi connectivity index (χ2n) is 21.0. The Morgan fingerprint density at radius 2 is 0.507 bits per heavy atom. The molecular weight excluding hydrogens is 853 g/mol. The molecular formula is C63H118O6. The molecule has 69 heavy (non-hydrogen) atoms. The van der Waals surface area contributed by atoms with Crippen molar-refractivity contribution in [2.45, 2.75) is 348 Å². The highest BCUT2D eigenvalue weighted by atomic mass is 16.6. The highest BCUT2D eigenvalue weighted by Crippen LogP contribution is 2.18. The van der Waals surface area contributed by atoms with Crippen molar-refractivity contribution in [3.8, 4) is 0 Å². The van der Waals surface area contributed by atoms with Crippen LogP contribution in [0.4, 0.5) is 0 Å². The Bertz CT molecular complexity index is 1110. The highest BCUT2D eigenvalue weighted by Gasteiger charge is 2.19. The molecule has 0 heterocycles. The van der Waals surface area contributed by atoms with Gasteiger partial charge in [-0.3, -0.25) is 14.4 Å². The first kappa shape index (κ1) is 66.9. The molecule has 0 N–H and O–H groups in total. The largest absolute Gasteiger partial charge is 0.462 e. The van der Waals surface area contributed by atoms with Crippen LogP contribution in [-0.2, 0) is 28.6 Å². The van der Waals surface area contributed by atoms with Gasteiger partial charge in [0.1, 0.15) is 13.2 Å². The van der Waals surface area contributed by atoms with Crippen molar-refractivity contribution in [3.63, 3.8) is 0 Å². The van der Waals surface area contributed by atoms with E-state index >= 15 is 0 Å². The van der Waals surface area contributed by atoms with Gasteiger partial charge in [0.2, 0.25) is 0 Å². The zero-order valence-electron chi connectivity index (χ0n) is 46.6. The minimum absolute atomic E-state index is 0.0705. The van der Waals surface area contributed by atoms with Gasteiger partial charge in [0, 0.05) is 19.3 Å². The van der Waals surface area contributed by atoms with Gasteiger partial charge in [-0.2, -0.15) is 0 Å². The molecule has 0 aliphatic carbocycles. The Morgan fingerprint density at radius 1 is 0.275 bits per heavy atom. The summed E-state index contributed by atoms with van der Waals surface area (Å²) in [6.07, 6.45) is 69.8. The van der Waals surface area contributed by atoms with Crippen LogP contribution in [0.3, 0.4) is 0 Å². The predicted molar refractivity (Wildman–Crippen MR) is 298 cm³/mol. The van der Waals surface area contributed by atoms with Crippen molar-refractivity contribution in [1.29, 1.82) is 0 Å². The molecule has 1 unspecified atom stereocenters. The van der Waals surface area contributed by atoms with E-state index in [1.165, 1.54) is 225 Å². The average molecular weight is 972 g/mol. The molecule has 0 aromatic carbocycles. The fourth-order valence-corrected chi connectivity index (χ4v) is 9.27. The standard InChI is InChI=1S/C63H118O6/c1-4-7-10-13-16-18-20-21-22-23-24-25-26-27-28-29-30-31-32-33-34-35-36-37-38-39-40-41-42-43-44-46-47-50-53-56-62(65)68-59-60(58-67-61(64)55-52-49-15-12-9-6-3)69-63(66)57-54-51-48-45-19-17-14-11-8-5-2/h11,14,23-24,60H,4-10,12-13,15-22,25-59H2,1-3H3/b14-11-,24-23-. The fraction of sp³-hybridized carbons (Fsp3) is 0.889. The van der Waals surface area contributed by atoms with Crippen molar-refractivity contribution in [2.75, 3.05) is 13.2 Å². The van der Waals surface area contributed by atoms with Crippen LogP contribution >= 0.6 is 0 Å². The number of esters is 3. The van der Waals surface area contributed by atoms with Gasteiger partial charge in [-0.1, -0.05) is 283 Å². The van der Waals surface area contributed by atoms with Crippen LogP contribution in [0.1, 0.15) is 342 Å². The van der Waals surface area contributed by atoms with E-state index in [2.05, 4.69) is 45.1 Å². The summed E-state index contributed by atoms with van der Waals surface area (Å²) >= 11 is 0. The van der Waals surface area contributed by atoms with Crippen molar-refractivity contribution in [3.05, 3.63) is 24.3 Å². The minimum Gasteiger partial charge on any atom is -0.462 e. The van der Waals surface area contributed by atoms with Gasteiger partial charge in [-0.05, 0) is 64.2 Å². The number of allylic oxidation sites excluding steroid dienone is 4. The lowest BCUT2D eigenvalue weighted by Gasteiger charge is -2.18. The number of hydrogen-bond acceptors (Lipinski definition) is 6. The molecule has 0 spiro atoms. The van der Waals surface area contributed by atoms with Crippen LogP contribution < -0.4 is 0 Å². The zero-order chi connectivity index (χ0) is 50.0. The van der Waals surface area contributed by atoms with E-state index in [1.54, 1.807) is 0 Å². The van der Waals surface area contributed by atoms with Gasteiger partial charge >= 0.3 is 17.9 Å². The van der Waals surface area contributed by atoms with Crippen molar-refractivity contribution in [2.24, 2.45) is 0 Å². The van der Waals surface area contributed by atoms with Crippen LogP contribution in [0, 0.1) is 0 Å². The van der Waals surface area contributed by atoms with Gasteiger partial charge in [-0.25, -0.2) is 0 Å². The van der Waals surface area contributed by atoms with Crippen LogP contribution in [0.15, 0.2) is 24.3 Å². The Labute approximate surface area is 430 Å². The summed E-state index contributed by atoms with van der Waals surface area (Å²) in [5, 5.41) is 0. The molecule has 0 saturated carbocycles. The number of hydrogen-bond donors (Lipinski definition) is 0. The predicted octanol–water partition coefficient (Wildman–Crippen LogP) is 20.7. The average Bonchev–Trinajstić information content (AvgIpc) is 3.35. The van der Waals surface area contributed by atoms with Crippen molar-refractivity contribution >= 4 is 17.9 Å². The third kappa shape index (κ3) is 56.7. The molecule has 0 amide bonds. The monoisotopic (exact) mass is 971 g/mol. The van der Waals surface area contributed by atoms with Gasteiger partial charge in [0.15, 0.2) is 6.10 Å². The second kappa shape index (κ2) is 58.5. The summed E-state index contributed by atoms with van der Waals surface area (Å²) in [5.41, 5.74) is 0. The lowest BCUT2D eigenvalue weighted by Crippen LogP contribution is -2.30. The molecule has 1 atom stereocenters. The first-order valence-corrected chi connectivity index (χ1v) is 30.8. The number of unbranched alkanes of at least 4 members (excludes halogenated alkanes) is 42. The molecule has 0 radical (unpaired) electrons. The Morgan fingerprint density at radius 3 is 0.783 bits per heavy atom. The summed E-state index contributed by atoms with van der Waals surface area (Å²) in [6.45, 7) is 6.54. The summed E-state index contributed by atoms with van der Waals surface area (Å²) in [6, 6.07) is 0. The maximum Gasteiger partial charge on any atom is 0.306 e. The first-order chi connectivity index (χ1) is 34.0. The Kier molecular flexibility index (Phi) is 56.7. The van der Waals surface area contributed by atoms with E-state index in [1.807, 2.05) is 0 Å². The Balaban J connectivity index is 3.79. The van der Waals surface area contributed by atoms with E-state index in [-0.39, 0.29) is 31.1 Å². The van der Waals surface area contributed by atoms with Crippen molar-refractivity contribution in [1.82, 2.24) is 0 Å². The minimum atomic E-state index is -0.767. The first-order valence-electron chi connectivity index (χ1n) is 30.8. The molecule has 0 fully saturated rings. The van der Waals surface area contributed by atoms with Gasteiger partial charge in [0.25, 0.3) is 0 Å². The summed E-state index contributed by atoms with van der Waals surface area (Å²) < 4.78 is 16.7. The quantitative estimate of drug-likeness (QED) is 0.0261. The number of carbonyl (C=O) groups is 3. The third-order valence-electron chi connectivity index (χ3n) is 13.9. The zero-order valence-corrected chi connectivity index (χ0v) is 46.6. The van der Waals surface area contributed by atoms with Gasteiger partial charge in [-0.15, -0.1) is 0 Å². The van der Waals surface area contributed by atoms with Crippen LogP contribution in [0.2, 0.25) is 0 Å². The maximum atomic E-state index is 12.7. The van der Waals surface area contributed by atoms with Crippen molar-refractivity contribution < 1.29 is 28.6 Å². The topological polar surface area (TPSA) is 78.9 Å². The molecule has 0 rings (SSSR count). The van der Waals surface area contributed by atoms with Crippen LogP contribution in [0.5, 0.6) is 0 Å². The third-order valence-corrected chi connectivity index (χ3v) is 13.9. The molecule has 0 saturated heterocycles. The molecule has 0 aromatic heterocycles. The fourth-order valence-electron chi connectivity index (χ4n) is 9.27. The SMILES string of the molecule is CCC/C=C\CCCCCCCC(=O)OC(COC(=O)CCCCCCCC)COC(=O)CCCCCCCCCCCCCCCCCCCCCCCCC/C=C\CCCCCCCCCC. The van der Waals surface area contributed by atoms with E-state index in [0.29, 0.717) is 19.3 Å². The summed E-state index contributed by atoms with van der Waals surface area (Å²) in [5.74, 6) is -0.877. The molecule has 0 bridgehead atoms. The molecule has 406 valence electrons. The van der Waals surface area contributed by atoms with Crippen LogP contribution in [-0.4, -0.2) is 37.2 Å². The van der Waals surface area contributed by atoms with Gasteiger partial charge in [0.05, 0.1) is 0 Å². The number of rotatable bonds is 57. The summed E-state index contributed by atoms with van der Waals surface area (Å²) in [7, 11) is 0. The number of ether oxygens (including phenoxy) is 3. The van der Waals surface area contributed by atoms with E-state index in [0.717, 1.165) is 77.0 Å². The van der Waals surface area contributed by atoms with Crippen LogP contribution in [0.25, 0.3) is 0 Å². The molecule has 0 aromatic rings. The smallest absolute Gasteiger partial charge is 0.306 e. The second-order valence-corrected chi connectivity index (χ2v) is 21.0. The maximum absolute atomic E-state index is 12.7. The highest BCUT2D eigenvalue weighted by molar-refractivity contribution is 5.71. The molecule has 0 aliphatic rings. The van der Waals surface area contributed by atoms with E-state index in [9.17, 15) is 14.4 Å². The normalized spacial score (nSPS) is 12.1. The summed E-state index contributed by atoms with van der Waals surface area (Å²) in [4.78, 5) is 37.7.